The van der Waals surface area contributed by atoms with Crippen LogP contribution in [0.15, 0.2) is 18.2 Å². The third-order valence-electron chi connectivity index (χ3n) is 3.55. The first-order valence-electron chi connectivity index (χ1n) is 6.77. The minimum atomic E-state index is 0.591. The van der Waals surface area contributed by atoms with E-state index in [1.807, 2.05) is 6.07 Å². The molecule has 0 aromatic carbocycles. The van der Waals surface area contributed by atoms with Gasteiger partial charge < -0.3 is 10.6 Å². The molecule has 0 radical (unpaired) electrons. The highest BCUT2D eigenvalue weighted by atomic mass is 15.1. The van der Waals surface area contributed by atoms with Gasteiger partial charge >= 0.3 is 0 Å². The molecule has 1 heterocycles. The van der Waals surface area contributed by atoms with Gasteiger partial charge in [0, 0.05) is 12.6 Å². The number of nitrogens with zero attached hydrogens (tertiary/aromatic N) is 1. The predicted octanol–water partition coefficient (Wildman–Crippen LogP) is 3.50. The van der Waals surface area contributed by atoms with Gasteiger partial charge in [-0.15, -0.1) is 0 Å². The average Bonchev–Trinajstić information content (AvgIpc) is 2.33. The van der Waals surface area contributed by atoms with Crippen molar-refractivity contribution < 1.29 is 0 Å². The highest BCUT2D eigenvalue weighted by Crippen LogP contribution is 2.26. The summed E-state index contributed by atoms with van der Waals surface area (Å²) in [5, 5.41) is 6.82. The van der Waals surface area contributed by atoms with Crippen molar-refractivity contribution in [3.8, 4) is 0 Å². The maximum atomic E-state index is 4.57. The number of hydrogen-bond donors (Lipinski definition) is 2. The summed E-state index contributed by atoms with van der Waals surface area (Å²) in [5.41, 5.74) is 0. The minimum absolute atomic E-state index is 0.591. The maximum absolute atomic E-state index is 4.57. The number of aromatic nitrogens is 1. The summed E-state index contributed by atoms with van der Waals surface area (Å²) in [5.74, 6) is 2.72. The molecule has 1 aromatic rings. The van der Waals surface area contributed by atoms with Crippen molar-refractivity contribution in [3.05, 3.63) is 18.2 Å². The second-order valence-corrected chi connectivity index (χ2v) is 4.95. The smallest absolute Gasteiger partial charge is 0.128 e. The molecule has 0 spiro atoms. The first kappa shape index (κ1) is 12.2. The summed E-state index contributed by atoms with van der Waals surface area (Å²) in [4.78, 5) is 4.57. The molecule has 2 N–H and O–H groups in total. The molecule has 0 aliphatic heterocycles. The molecule has 94 valence electrons. The highest BCUT2D eigenvalue weighted by molar-refractivity contribution is 5.45. The van der Waals surface area contributed by atoms with Crippen molar-refractivity contribution in [2.45, 2.75) is 45.6 Å². The van der Waals surface area contributed by atoms with Gasteiger partial charge in [0.2, 0.25) is 0 Å². The van der Waals surface area contributed by atoms with Crippen LogP contribution in [0.2, 0.25) is 0 Å². The molecule has 2 rings (SSSR count). The molecule has 1 aromatic heterocycles. The van der Waals surface area contributed by atoms with E-state index >= 15 is 0 Å². The fourth-order valence-corrected chi connectivity index (χ4v) is 2.52. The van der Waals surface area contributed by atoms with Crippen LogP contribution in [0.1, 0.15) is 39.5 Å². The van der Waals surface area contributed by atoms with E-state index in [0.717, 1.165) is 24.1 Å². The van der Waals surface area contributed by atoms with Crippen molar-refractivity contribution in [1.82, 2.24) is 4.98 Å². The molecule has 0 saturated heterocycles. The molecular weight excluding hydrogens is 210 g/mol. The number of anilines is 2. The Morgan fingerprint density at radius 2 is 2.00 bits per heavy atom. The van der Waals surface area contributed by atoms with Crippen molar-refractivity contribution >= 4 is 11.6 Å². The van der Waals surface area contributed by atoms with E-state index in [1.54, 1.807) is 0 Å². The Morgan fingerprint density at radius 1 is 1.24 bits per heavy atom. The van der Waals surface area contributed by atoms with Crippen molar-refractivity contribution in [1.29, 1.82) is 0 Å². The Balaban J connectivity index is 1.99. The van der Waals surface area contributed by atoms with Crippen LogP contribution in [0.4, 0.5) is 11.6 Å². The normalized spacial score (nSPS) is 24.4. The van der Waals surface area contributed by atoms with Gasteiger partial charge in [-0.1, -0.05) is 25.8 Å². The van der Waals surface area contributed by atoms with Crippen LogP contribution < -0.4 is 10.6 Å². The summed E-state index contributed by atoms with van der Waals surface area (Å²) < 4.78 is 0. The minimum Gasteiger partial charge on any atom is -0.370 e. The third-order valence-corrected chi connectivity index (χ3v) is 3.55. The van der Waals surface area contributed by atoms with E-state index in [0.29, 0.717) is 6.04 Å². The lowest BCUT2D eigenvalue weighted by Gasteiger charge is -2.30. The van der Waals surface area contributed by atoms with Gasteiger partial charge in [-0.05, 0) is 37.8 Å². The third kappa shape index (κ3) is 3.35. The standard InChI is InChI=1S/C14H23N3/c1-3-15-13-9-6-10-14(17-13)16-12-8-5-4-7-11(12)2/h6,9-12H,3-5,7-8H2,1-2H3,(H2,15,16,17). The van der Waals surface area contributed by atoms with Crippen LogP contribution in [-0.2, 0) is 0 Å². The molecule has 1 aliphatic rings. The highest BCUT2D eigenvalue weighted by Gasteiger charge is 2.21. The van der Waals surface area contributed by atoms with Gasteiger partial charge in [-0.2, -0.15) is 0 Å². The van der Waals surface area contributed by atoms with Gasteiger partial charge in [-0.25, -0.2) is 4.98 Å². The summed E-state index contributed by atoms with van der Waals surface area (Å²) in [6, 6.07) is 6.72. The average molecular weight is 233 g/mol. The van der Waals surface area contributed by atoms with Gasteiger partial charge in [0.15, 0.2) is 0 Å². The van der Waals surface area contributed by atoms with Crippen molar-refractivity contribution in [2.75, 3.05) is 17.2 Å². The van der Waals surface area contributed by atoms with Gasteiger partial charge in [0.1, 0.15) is 11.6 Å². The molecule has 0 amide bonds. The summed E-state index contributed by atoms with van der Waals surface area (Å²) in [6.45, 7) is 5.34. The molecule has 1 saturated carbocycles. The lowest BCUT2D eigenvalue weighted by Crippen LogP contribution is -2.30. The molecule has 3 heteroatoms. The SMILES string of the molecule is CCNc1cccc(NC2CCCCC2C)n1. The van der Waals surface area contributed by atoms with Crippen LogP contribution in [0.25, 0.3) is 0 Å². The lowest BCUT2D eigenvalue weighted by molar-refractivity contribution is 0.349. The van der Waals surface area contributed by atoms with Crippen LogP contribution in [0, 0.1) is 5.92 Å². The molecular formula is C14H23N3. The van der Waals surface area contributed by atoms with E-state index in [2.05, 4.69) is 41.6 Å². The van der Waals surface area contributed by atoms with Gasteiger partial charge in [0.05, 0.1) is 0 Å². The van der Waals surface area contributed by atoms with E-state index in [9.17, 15) is 0 Å². The van der Waals surface area contributed by atoms with Crippen molar-refractivity contribution in [2.24, 2.45) is 5.92 Å². The molecule has 3 nitrogen and oxygen atoms in total. The van der Waals surface area contributed by atoms with Crippen LogP contribution in [0.5, 0.6) is 0 Å². The molecule has 2 atom stereocenters. The number of pyridine rings is 1. The van der Waals surface area contributed by atoms with E-state index < -0.39 is 0 Å². The summed E-state index contributed by atoms with van der Waals surface area (Å²) in [6.07, 6.45) is 5.33. The second kappa shape index (κ2) is 5.89. The Bertz CT molecular complexity index is 351. The maximum Gasteiger partial charge on any atom is 0.128 e. The van der Waals surface area contributed by atoms with E-state index in [1.165, 1.54) is 25.7 Å². The van der Waals surface area contributed by atoms with Crippen LogP contribution >= 0.6 is 0 Å². The number of hydrogen-bond acceptors (Lipinski definition) is 3. The second-order valence-electron chi connectivity index (χ2n) is 4.95. The fraction of sp³-hybridized carbons (Fsp3) is 0.643. The topological polar surface area (TPSA) is 37.0 Å². The molecule has 1 fully saturated rings. The van der Waals surface area contributed by atoms with Crippen LogP contribution in [0.3, 0.4) is 0 Å². The van der Waals surface area contributed by atoms with Crippen molar-refractivity contribution in [3.63, 3.8) is 0 Å². The predicted molar refractivity (Wildman–Crippen MR) is 73.4 cm³/mol. The number of nitrogens with one attached hydrogen (secondary N) is 2. The lowest BCUT2D eigenvalue weighted by atomic mass is 9.86. The fourth-order valence-electron chi connectivity index (χ4n) is 2.52. The molecule has 17 heavy (non-hydrogen) atoms. The van der Waals surface area contributed by atoms with Crippen LogP contribution in [-0.4, -0.2) is 17.6 Å². The zero-order valence-corrected chi connectivity index (χ0v) is 10.9. The summed E-state index contributed by atoms with van der Waals surface area (Å²) in [7, 11) is 0. The molecule has 1 aliphatic carbocycles. The van der Waals surface area contributed by atoms with E-state index in [-0.39, 0.29) is 0 Å². The number of rotatable bonds is 4. The van der Waals surface area contributed by atoms with Gasteiger partial charge in [0.25, 0.3) is 0 Å². The first-order chi connectivity index (χ1) is 8.29. The quantitative estimate of drug-likeness (QED) is 0.835. The Labute approximate surface area is 104 Å². The molecule has 0 bridgehead atoms. The Kier molecular flexibility index (Phi) is 4.24. The zero-order valence-electron chi connectivity index (χ0n) is 10.9. The Morgan fingerprint density at radius 3 is 2.76 bits per heavy atom. The zero-order chi connectivity index (χ0) is 12.1. The van der Waals surface area contributed by atoms with E-state index in [4.69, 9.17) is 0 Å². The monoisotopic (exact) mass is 233 g/mol. The molecule has 2 unspecified atom stereocenters. The Hall–Kier alpha value is -1.25. The first-order valence-corrected chi connectivity index (χ1v) is 6.77. The van der Waals surface area contributed by atoms with Gasteiger partial charge in [-0.3, -0.25) is 0 Å². The summed E-state index contributed by atoms with van der Waals surface area (Å²) >= 11 is 0. The largest absolute Gasteiger partial charge is 0.370 e.